The Morgan fingerprint density at radius 2 is 2.09 bits per heavy atom. The lowest BCUT2D eigenvalue weighted by Gasteiger charge is -2.13. The third-order valence-corrected chi connectivity index (χ3v) is 1.99. The molecule has 2 heteroatoms. The molecule has 0 heterocycles. The van der Waals surface area contributed by atoms with Gasteiger partial charge in [-0.15, -0.1) is 11.8 Å². The highest BCUT2D eigenvalue weighted by atomic mass is 16.3. The smallest absolute Gasteiger partial charge is 0.0910 e. The van der Waals surface area contributed by atoms with Crippen molar-refractivity contribution >= 4 is 0 Å². The molecule has 0 radical (unpaired) electrons. The SMILES string of the molecule is CC#CCC(O)C(O)C1CC1. The van der Waals surface area contributed by atoms with Gasteiger partial charge in [0.2, 0.25) is 0 Å². The minimum Gasteiger partial charge on any atom is -0.390 e. The predicted octanol–water partition coefficient (Wildman–Crippen LogP) is 0.532. The molecule has 0 bridgehead atoms. The molecule has 0 aromatic rings. The van der Waals surface area contributed by atoms with Crippen LogP contribution in [-0.2, 0) is 0 Å². The lowest BCUT2D eigenvalue weighted by molar-refractivity contribution is 0.00944. The van der Waals surface area contributed by atoms with Crippen LogP contribution in [0.1, 0.15) is 26.2 Å². The van der Waals surface area contributed by atoms with Crippen molar-refractivity contribution in [3.8, 4) is 11.8 Å². The van der Waals surface area contributed by atoms with Crippen LogP contribution in [0.15, 0.2) is 0 Å². The molecule has 62 valence electrons. The standard InChI is InChI=1S/C9H14O2/c1-2-3-4-8(10)9(11)7-5-6-7/h7-11H,4-6H2,1H3. The van der Waals surface area contributed by atoms with E-state index in [1.807, 2.05) is 0 Å². The first kappa shape index (κ1) is 8.58. The van der Waals surface area contributed by atoms with E-state index in [1.54, 1.807) is 6.92 Å². The third kappa shape index (κ3) is 2.53. The molecular formula is C9H14O2. The van der Waals surface area contributed by atoms with E-state index in [0.29, 0.717) is 12.3 Å². The molecule has 2 atom stereocenters. The fraction of sp³-hybridized carbons (Fsp3) is 0.778. The Labute approximate surface area is 67.2 Å². The minimum absolute atomic E-state index is 0.337. The quantitative estimate of drug-likeness (QED) is 0.582. The normalized spacial score (nSPS) is 21.7. The second-order valence-corrected chi connectivity index (χ2v) is 3.03. The molecule has 2 N–H and O–H groups in total. The van der Waals surface area contributed by atoms with Gasteiger partial charge >= 0.3 is 0 Å². The Hall–Kier alpha value is -0.520. The molecule has 0 aliphatic heterocycles. The average Bonchev–Trinajstić information content (AvgIpc) is 2.81. The van der Waals surface area contributed by atoms with Crippen LogP contribution < -0.4 is 0 Å². The van der Waals surface area contributed by atoms with Gasteiger partial charge in [0, 0.05) is 6.42 Å². The molecule has 0 aromatic heterocycles. The van der Waals surface area contributed by atoms with Crippen LogP contribution in [0.5, 0.6) is 0 Å². The van der Waals surface area contributed by atoms with Crippen molar-refractivity contribution in [3.63, 3.8) is 0 Å². The van der Waals surface area contributed by atoms with Crippen LogP contribution in [0, 0.1) is 17.8 Å². The van der Waals surface area contributed by atoms with E-state index in [9.17, 15) is 10.2 Å². The summed E-state index contributed by atoms with van der Waals surface area (Å²) in [6.45, 7) is 1.73. The van der Waals surface area contributed by atoms with Crippen molar-refractivity contribution in [1.82, 2.24) is 0 Å². The van der Waals surface area contributed by atoms with Gasteiger partial charge in [-0.05, 0) is 25.7 Å². The van der Waals surface area contributed by atoms with Crippen molar-refractivity contribution in [2.75, 3.05) is 0 Å². The van der Waals surface area contributed by atoms with Crippen molar-refractivity contribution in [3.05, 3.63) is 0 Å². The maximum atomic E-state index is 9.37. The lowest BCUT2D eigenvalue weighted by atomic mass is 10.1. The van der Waals surface area contributed by atoms with Crippen molar-refractivity contribution < 1.29 is 10.2 Å². The molecule has 0 aromatic carbocycles. The van der Waals surface area contributed by atoms with Gasteiger partial charge in [0.05, 0.1) is 12.2 Å². The fourth-order valence-corrected chi connectivity index (χ4v) is 1.08. The Morgan fingerprint density at radius 1 is 1.45 bits per heavy atom. The van der Waals surface area contributed by atoms with Crippen molar-refractivity contribution in [2.24, 2.45) is 5.92 Å². The summed E-state index contributed by atoms with van der Waals surface area (Å²) in [6.07, 6.45) is 1.31. The van der Waals surface area contributed by atoms with Gasteiger partial charge in [0.25, 0.3) is 0 Å². The van der Waals surface area contributed by atoms with E-state index >= 15 is 0 Å². The number of hydrogen-bond acceptors (Lipinski definition) is 2. The van der Waals surface area contributed by atoms with Crippen LogP contribution in [0.25, 0.3) is 0 Å². The molecule has 0 amide bonds. The fourth-order valence-electron chi connectivity index (χ4n) is 1.08. The molecule has 1 saturated carbocycles. The van der Waals surface area contributed by atoms with Gasteiger partial charge in [-0.25, -0.2) is 0 Å². The molecular weight excluding hydrogens is 140 g/mol. The van der Waals surface area contributed by atoms with Gasteiger partial charge < -0.3 is 10.2 Å². The van der Waals surface area contributed by atoms with E-state index in [4.69, 9.17) is 0 Å². The predicted molar refractivity (Wildman–Crippen MR) is 42.8 cm³/mol. The molecule has 1 fully saturated rings. The number of hydrogen-bond donors (Lipinski definition) is 2. The van der Waals surface area contributed by atoms with E-state index in [0.717, 1.165) is 12.8 Å². The van der Waals surface area contributed by atoms with E-state index in [-0.39, 0.29) is 0 Å². The maximum absolute atomic E-state index is 9.37. The van der Waals surface area contributed by atoms with E-state index < -0.39 is 12.2 Å². The molecule has 0 spiro atoms. The van der Waals surface area contributed by atoms with Crippen molar-refractivity contribution in [2.45, 2.75) is 38.4 Å². The van der Waals surface area contributed by atoms with Crippen LogP contribution in [-0.4, -0.2) is 22.4 Å². The molecule has 1 aliphatic rings. The Kier molecular flexibility index (Phi) is 2.92. The highest BCUT2D eigenvalue weighted by Crippen LogP contribution is 2.34. The average molecular weight is 154 g/mol. The second kappa shape index (κ2) is 3.75. The summed E-state index contributed by atoms with van der Waals surface area (Å²) in [6, 6.07) is 0. The second-order valence-electron chi connectivity index (χ2n) is 3.03. The molecule has 0 saturated heterocycles. The summed E-state index contributed by atoms with van der Waals surface area (Å²) >= 11 is 0. The Bertz CT molecular complexity index is 174. The topological polar surface area (TPSA) is 40.5 Å². The minimum atomic E-state index is -0.644. The van der Waals surface area contributed by atoms with Crippen LogP contribution in [0.2, 0.25) is 0 Å². The first-order valence-corrected chi connectivity index (χ1v) is 4.01. The molecule has 11 heavy (non-hydrogen) atoms. The summed E-state index contributed by atoms with van der Waals surface area (Å²) < 4.78 is 0. The summed E-state index contributed by atoms with van der Waals surface area (Å²) in [5, 5.41) is 18.7. The van der Waals surface area contributed by atoms with Gasteiger partial charge in [-0.2, -0.15) is 0 Å². The zero-order valence-electron chi connectivity index (χ0n) is 6.75. The summed E-state index contributed by atoms with van der Waals surface area (Å²) in [5.74, 6) is 5.78. The zero-order chi connectivity index (χ0) is 8.27. The monoisotopic (exact) mass is 154 g/mol. The van der Waals surface area contributed by atoms with Crippen LogP contribution in [0.3, 0.4) is 0 Å². The molecule has 2 unspecified atom stereocenters. The maximum Gasteiger partial charge on any atom is 0.0910 e. The summed E-state index contributed by atoms with van der Waals surface area (Å²) in [5.41, 5.74) is 0. The Balaban J connectivity index is 2.25. The van der Waals surface area contributed by atoms with Gasteiger partial charge in [0.1, 0.15) is 0 Å². The first-order valence-electron chi connectivity index (χ1n) is 4.01. The first-order chi connectivity index (χ1) is 5.25. The molecule has 1 aliphatic carbocycles. The third-order valence-electron chi connectivity index (χ3n) is 1.99. The summed E-state index contributed by atoms with van der Waals surface area (Å²) in [7, 11) is 0. The lowest BCUT2D eigenvalue weighted by Crippen LogP contribution is -2.27. The van der Waals surface area contributed by atoms with Crippen LogP contribution in [0.4, 0.5) is 0 Å². The number of aliphatic hydroxyl groups excluding tert-OH is 2. The van der Waals surface area contributed by atoms with Gasteiger partial charge in [-0.1, -0.05) is 0 Å². The van der Waals surface area contributed by atoms with Gasteiger partial charge in [0.15, 0.2) is 0 Å². The zero-order valence-corrected chi connectivity index (χ0v) is 6.75. The van der Waals surface area contributed by atoms with Gasteiger partial charge in [-0.3, -0.25) is 0 Å². The van der Waals surface area contributed by atoms with Crippen LogP contribution >= 0.6 is 0 Å². The van der Waals surface area contributed by atoms with E-state index in [1.165, 1.54) is 0 Å². The highest BCUT2D eigenvalue weighted by Gasteiger charge is 2.33. The highest BCUT2D eigenvalue weighted by molar-refractivity contribution is 4.99. The molecule has 1 rings (SSSR count). The van der Waals surface area contributed by atoms with Crippen molar-refractivity contribution in [1.29, 1.82) is 0 Å². The largest absolute Gasteiger partial charge is 0.390 e. The Morgan fingerprint density at radius 3 is 2.55 bits per heavy atom. The number of aliphatic hydroxyl groups is 2. The molecule has 2 nitrogen and oxygen atoms in total. The number of rotatable bonds is 3. The summed E-state index contributed by atoms with van der Waals surface area (Å²) in [4.78, 5) is 0. The van der Waals surface area contributed by atoms with E-state index in [2.05, 4.69) is 11.8 Å².